The molecule has 73 valence electrons. The Balaban J connectivity index is 2.55. The number of amides is 1. The van der Waals surface area contributed by atoms with Crippen LogP contribution in [-0.4, -0.2) is 23.5 Å². The summed E-state index contributed by atoms with van der Waals surface area (Å²) < 4.78 is 4.61. The summed E-state index contributed by atoms with van der Waals surface area (Å²) >= 11 is 0. The molecule has 1 aromatic rings. The van der Waals surface area contributed by atoms with Gasteiger partial charge in [0.25, 0.3) is 0 Å². The molecular formula is C9H10N3O2. The molecule has 1 rings (SSSR count). The summed E-state index contributed by atoms with van der Waals surface area (Å²) in [5.41, 5.74) is 0.372. The van der Waals surface area contributed by atoms with Gasteiger partial charge >= 0.3 is 6.09 Å². The van der Waals surface area contributed by atoms with Crippen molar-refractivity contribution in [1.82, 2.24) is 10.3 Å². The first-order valence-corrected chi connectivity index (χ1v) is 4.09. The molecule has 0 aliphatic carbocycles. The number of carbonyl (C=O) groups excluding carboxylic acids is 1. The Kier molecular flexibility index (Phi) is 3.60. The van der Waals surface area contributed by atoms with Gasteiger partial charge in [-0.05, 0) is 13.0 Å². The number of amidine groups is 1. The molecule has 0 aliphatic heterocycles. The molecule has 2 N–H and O–H groups in total. The molecule has 0 saturated carbocycles. The van der Waals surface area contributed by atoms with Gasteiger partial charge in [-0.25, -0.2) is 4.79 Å². The van der Waals surface area contributed by atoms with E-state index in [0.717, 1.165) is 0 Å². The number of rotatable bonds is 2. The summed E-state index contributed by atoms with van der Waals surface area (Å²) in [6, 6.07) is 5.91. The predicted molar refractivity (Wildman–Crippen MR) is 50.1 cm³/mol. The van der Waals surface area contributed by atoms with Gasteiger partial charge in [-0.2, -0.15) is 0 Å². The third-order valence-corrected chi connectivity index (χ3v) is 1.37. The van der Waals surface area contributed by atoms with E-state index in [0.29, 0.717) is 5.69 Å². The number of aromatic nitrogens is 1. The highest BCUT2D eigenvalue weighted by atomic mass is 16.5. The smallest absolute Gasteiger partial charge is 0.412 e. The third kappa shape index (κ3) is 2.85. The lowest BCUT2D eigenvalue weighted by Gasteiger charge is -2.04. The van der Waals surface area contributed by atoms with E-state index in [9.17, 15) is 4.79 Å². The zero-order valence-corrected chi connectivity index (χ0v) is 7.70. The normalized spacial score (nSPS) is 9.21. The van der Waals surface area contributed by atoms with E-state index in [4.69, 9.17) is 5.41 Å². The molecule has 5 nitrogen and oxygen atoms in total. The number of hydrogen-bond acceptors (Lipinski definition) is 4. The van der Waals surface area contributed by atoms with Gasteiger partial charge in [0.05, 0.1) is 6.61 Å². The first-order valence-electron chi connectivity index (χ1n) is 4.09. The van der Waals surface area contributed by atoms with E-state index in [1.54, 1.807) is 19.1 Å². The SMILES string of the molecule is CCOC(=O)NC(=N)c1cc[c]cn1. The average Bonchev–Trinajstić information content (AvgIpc) is 2.19. The van der Waals surface area contributed by atoms with Gasteiger partial charge < -0.3 is 4.74 Å². The van der Waals surface area contributed by atoms with E-state index < -0.39 is 6.09 Å². The summed E-state index contributed by atoms with van der Waals surface area (Å²) in [5, 5.41) is 9.69. The third-order valence-electron chi connectivity index (χ3n) is 1.37. The Morgan fingerprint density at radius 2 is 2.57 bits per heavy atom. The van der Waals surface area contributed by atoms with Crippen LogP contribution in [0.1, 0.15) is 12.6 Å². The molecule has 1 heterocycles. The second-order valence-corrected chi connectivity index (χ2v) is 2.36. The zero-order valence-electron chi connectivity index (χ0n) is 7.70. The number of nitrogens with one attached hydrogen (secondary N) is 2. The average molecular weight is 192 g/mol. The van der Waals surface area contributed by atoms with Crippen LogP contribution >= 0.6 is 0 Å². The number of carbonyl (C=O) groups is 1. The van der Waals surface area contributed by atoms with Crippen molar-refractivity contribution in [2.24, 2.45) is 0 Å². The van der Waals surface area contributed by atoms with Crippen LogP contribution in [0.4, 0.5) is 4.79 Å². The molecular weight excluding hydrogens is 182 g/mol. The molecule has 0 unspecified atom stereocenters. The molecule has 0 aliphatic rings. The van der Waals surface area contributed by atoms with E-state index in [2.05, 4.69) is 21.1 Å². The molecule has 0 fully saturated rings. The number of alkyl carbamates (subject to hydrolysis) is 1. The van der Waals surface area contributed by atoms with Crippen molar-refractivity contribution in [3.8, 4) is 0 Å². The molecule has 0 spiro atoms. The Morgan fingerprint density at radius 1 is 1.79 bits per heavy atom. The predicted octanol–water partition coefficient (Wildman–Crippen LogP) is 0.953. The van der Waals surface area contributed by atoms with E-state index >= 15 is 0 Å². The van der Waals surface area contributed by atoms with Crippen molar-refractivity contribution >= 4 is 11.9 Å². The summed E-state index contributed by atoms with van der Waals surface area (Å²) in [7, 11) is 0. The molecule has 0 aromatic carbocycles. The number of pyridine rings is 1. The van der Waals surface area contributed by atoms with E-state index in [1.807, 2.05) is 0 Å². The maximum atomic E-state index is 10.9. The number of hydrogen-bond donors (Lipinski definition) is 2. The summed E-state index contributed by atoms with van der Waals surface area (Å²) in [5.74, 6) is -0.0857. The van der Waals surface area contributed by atoms with E-state index in [1.165, 1.54) is 6.20 Å². The van der Waals surface area contributed by atoms with Gasteiger partial charge in [-0.1, -0.05) is 6.07 Å². The standard InChI is InChI=1S/C9H10N3O2/c1-2-14-9(13)12-8(10)7-5-3-4-6-11-7/h3,5-6H,2H2,1H3,(H2,10,12,13). The molecule has 0 bridgehead atoms. The van der Waals surface area contributed by atoms with Crippen LogP contribution in [0.25, 0.3) is 0 Å². The molecule has 0 saturated heterocycles. The molecule has 1 amide bonds. The highest BCUT2D eigenvalue weighted by Crippen LogP contribution is 1.92. The quantitative estimate of drug-likeness (QED) is 0.541. The lowest BCUT2D eigenvalue weighted by Crippen LogP contribution is -2.31. The van der Waals surface area contributed by atoms with Crippen LogP contribution < -0.4 is 5.32 Å². The van der Waals surface area contributed by atoms with Gasteiger partial charge in [0.15, 0.2) is 5.84 Å². The van der Waals surface area contributed by atoms with Crippen LogP contribution in [0.3, 0.4) is 0 Å². The van der Waals surface area contributed by atoms with Gasteiger partial charge in [0, 0.05) is 12.3 Å². The maximum Gasteiger partial charge on any atom is 0.412 e. The minimum Gasteiger partial charge on any atom is -0.450 e. The summed E-state index contributed by atoms with van der Waals surface area (Å²) in [6.45, 7) is 1.97. The molecule has 1 aromatic heterocycles. The van der Waals surface area contributed by atoms with Crippen LogP contribution in [-0.2, 0) is 4.74 Å². The summed E-state index contributed by atoms with van der Waals surface area (Å²) in [6.07, 6.45) is 0.781. The van der Waals surface area contributed by atoms with Gasteiger partial charge in [0.2, 0.25) is 0 Å². The van der Waals surface area contributed by atoms with Gasteiger partial charge in [0.1, 0.15) is 5.69 Å². The second kappa shape index (κ2) is 4.96. The topological polar surface area (TPSA) is 75.1 Å². The highest BCUT2D eigenvalue weighted by Gasteiger charge is 2.06. The van der Waals surface area contributed by atoms with Crippen LogP contribution in [0.2, 0.25) is 0 Å². The minimum absolute atomic E-state index is 0.0857. The van der Waals surface area contributed by atoms with Crippen molar-refractivity contribution in [2.75, 3.05) is 6.61 Å². The molecule has 5 heteroatoms. The van der Waals surface area contributed by atoms with Crippen molar-refractivity contribution in [1.29, 1.82) is 5.41 Å². The second-order valence-electron chi connectivity index (χ2n) is 2.36. The van der Waals surface area contributed by atoms with Crippen LogP contribution in [0.5, 0.6) is 0 Å². The molecule has 0 atom stereocenters. The van der Waals surface area contributed by atoms with Gasteiger partial charge in [-0.15, -0.1) is 0 Å². The fourth-order valence-electron chi connectivity index (χ4n) is 0.801. The first-order chi connectivity index (χ1) is 6.74. The van der Waals surface area contributed by atoms with Gasteiger partial charge in [-0.3, -0.25) is 15.7 Å². The molecule has 1 radical (unpaired) electrons. The Labute approximate surface area is 81.6 Å². The monoisotopic (exact) mass is 192 g/mol. The Hall–Kier alpha value is -1.91. The van der Waals surface area contributed by atoms with Crippen LogP contribution in [0.15, 0.2) is 18.3 Å². The fourth-order valence-corrected chi connectivity index (χ4v) is 0.801. The maximum absolute atomic E-state index is 10.9. The highest BCUT2D eigenvalue weighted by molar-refractivity contribution is 6.03. The van der Waals surface area contributed by atoms with Crippen molar-refractivity contribution in [2.45, 2.75) is 6.92 Å². The van der Waals surface area contributed by atoms with Crippen molar-refractivity contribution < 1.29 is 9.53 Å². The first kappa shape index (κ1) is 10.2. The van der Waals surface area contributed by atoms with E-state index in [-0.39, 0.29) is 12.4 Å². The minimum atomic E-state index is -0.646. The lowest BCUT2D eigenvalue weighted by molar-refractivity contribution is 0.158. The van der Waals surface area contributed by atoms with Crippen molar-refractivity contribution in [3.05, 3.63) is 30.1 Å². The fraction of sp³-hybridized carbons (Fsp3) is 0.222. The zero-order chi connectivity index (χ0) is 10.4. The largest absolute Gasteiger partial charge is 0.450 e. The summed E-state index contributed by atoms with van der Waals surface area (Å²) in [4.78, 5) is 14.8. The lowest BCUT2D eigenvalue weighted by atomic mass is 10.3. The Bertz CT molecular complexity index is 324. The van der Waals surface area contributed by atoms with Crippen molar-refractivity contribution in [3.63, 3.8) is 0 Å². The number of nitrogens with zero attached hydrogens (tertiary/aromatic N) is 1. The number of ether oxygens (including phenoxy) is 1. The Morgan fingerprint density at radius 3 is 3.14 bits per heavy atom. The van der Waals surface area contributed by atoms with Crippen LogP contribution in [0, 0.1) is 11.5 Å². The molecule has 14 heavy (non-hydrogen) atoms.